The zero-order chi connectivity index (χ0) is 16.0. The van der Waals surface area contributed by atoms with Gasteiger partial charge in [0.05, 0.1) is 26.4 Å². The van der Waals surface area contributed by atoms with E-state index < -0.39 is 5.79 Å². The van der Waals surface area contributed by atoms with Crippen molar-refractivity contribution in [1.29, 1.82) is 0 Å². The number of carbonyl (C=O) groups is 1. The quantitative estimate of drug-likeness (QED) is 0.725. The van der Waals surface area contributed by atoms with Gasteiger partial charge in [0.15, 0.2) is 5.79 Å². The van der Waals surface area contributed by atoms with E-state index >= 15 is 0 Å². The zero-order valence-corrected chi connectivity index (χ0v) is 13.4. The third-order valence-electron chi connectivity index (χ3n) is 3.54. The van der Waals surface area contributed by atoms with Gasteiger partial charge in [-0.2, -0.15) is 0 Å². The molecule has 1 aromatic rings. The molecular formula is C17H24O5. The molecule has 0 amide bonds. The van der Waals surface area contributed by atoms with Gasteiger partial charge in [-0.15, -0.1) is 0 Å². The Hall–Kier alpha value is -1.43. The fourth-order valence-corrected chi connectivity index (χ4v) is 2.52. The van der Waals surface area contributed by atoms with E-state index in [4.69, 9.17) is 14.2 Å². The van der Waals surface area contributed by atoms with Gasteiger partial charge in [0, 0.05) is 6.42 Å². The number of rotatable bonds is 7. The minimum absolute atomic E-state index is 0.162. The lowest BCUT2D eigenvalue weighted by Crippen LogP contribution is -2.28. The Kier molecular flexibility index (Phi) is 5.94. The number of hydrogen-bond donors (Lipinski definition) is 0. The third-order valence-corrected chi connectivity index (χ3v) is 3.54. The Morgan fingerprint density at radius 1 is 1.18 bits per heavy atom. The maximum Gasteiger partial charge on any atom is 0.305 e. The molecule has 1 heterocycles. The number of methoxy groups -OCH3 is 1. The number of carbonyl (C=O) groups excluding carboxylic acids is 1. The van der Waals surface area contributed by atoms with Crippen molar-refractivity contribution in [1.82, 2.24) is 0 Å². The van der Waals surface area contributed by atoms with Gasteiger partial charge in [0.2, 0.25) is 0 Å². The molecule has 5 heteroatoms. The van der Waals surface area contributed by atoms with Crippen LogP contribution in [-0.2, 0) is 30.3 Å². The van der Waals surface area contributed by atoms with Crippen LogP contribution in [0.25, 0.3) is 0 Å². The molecule has 0 radical (unpaired) electrons. The first-order valence-electron chi connectivity index (χ1n) is 7.54. The molecule has 1 aliphatic rings. The molecule has 0 aromatic heterocycles. The molecule has 0 bridgehead atoms. The average molecular weight is 308 g/mol. The van der Waals surface area contributed by atoms with Crippen LogP contribution in [0.3, 0.4) is 0 Å². The van der Waals surface area contributed by atoms with E-state index in [0.29, 0.717) is 26.1 Å². The van der Waals surface area contributed by atoms with Gasteiger partial charge in [0.1, 0.15) is 6.10 Å². The van der Waals surface area contributed by atoms with Crippen LogP contribution in [0, 0.1) is 0 Å². The molecule has 0 unspecified atom stereocenters. The highest BCUT2D eigenvalue weighted by molar-refractivity contribution is 5.69. The highest BCUT2D eigenvalue weighted by Crippen LogP contribution is 2.31. The molecule has 0 N–H and O–H groups in total. The molecule has 1 aliphatic heterocycles. The SMILES string of the molecule is COC(=O)CC[C@H]1OC(C)(C)O[C@@H]1COCc1ccccc1. The van der Waals surface area contributed by atoms with E-state index in [0.717, 1.165) is 5.56 Å². The molecule has 1 aromatic carbocycles. The van der Waals surface area contributed by atoms with Crippen LogP contribution in [0.1, 0.15) is 32.3 Å². The van der Waals surface area contributed by atoms with Crippen molar-refractivity contribution in [2.75, 3.05) is 13.7 Å². The lowest BCUT2D eigenvalue weighted by atomic mass is 10.1. The van der Waals surface area contributed by atoms with Gasteiger partial charge in [-0.3, -0.25) is 4.79 Å². The molecule has 2 atom stereocenters. The fraction of sp³-hybridized carbons (Fsp3) is 0.588. The molecule has 0 saturated carbocycles. The number of benzene rings is 1. The summed E-state index contributed by atoms with van der Waals surface area (Å²) in [5, 5.41) is 0. The third kappa shape index (κ3) is 5.09. The molecule has 1 saturated heterocycles. The molecule has 5 nitrogen and oxygen atoms in total. The van der Waals surface area contributed by atoms with Crippen LogP contribution in [0.2, 0.25) is 0 Å². The van der Waals surface area contributed by atoms with Gasteiger partial charge in [-0.05, 0) is 25.8 Å². The fourth-order valence-electron chi connectivity index (χ4n) is 2.52. The topological polar surface area (TPSA) is 54.0 Å². The number of ether oxygens (including phenoxy) is 4. The largest absolute Gasteiger partial charge is 0.469 e. The van der Waals surface area contributed by atoms with Gasteiger partial charge in [-0.25, -0.2) is 0 Å². The van der Waals surface area contributed by atoms with Crippen molar-refractivity contribution >= 4 is 5.97 Å². The Morgan fingerprint density at radius 3 is 2.55 bits per heavy atom. The van der Waals surface area contributed by atoms with E-state index in [2.05, 4.69) is 4.74 Å². The minimum Gasteiger partial charge on any atom is -0.469 e. The van der Waals surface area contributed by atoms with Crippen LogP contribution in [0.5, 0.6) is 0 Å². The summed E-state index contributed by atoms with van der Waals surface area (Å²) in [6.45, 7) is 4.71. The zero-order valence-electron chi connectivity index (χ0n) is 13.4. The lowest BCUT2D eigenvalue weighted by molar-refractivity contribution is -0.153. The van der Waals surface area contributed by atoms with Crippen LogP contribution < -0.4 is 0 Å². The molecule has 122 valence electrons. The molecule has 0 aliphatic carbocycles. The number of esters is 1. The molecular weight excluding hydrogens is 284 g/mol. The first-order valence-corrected chi connectivity index (χ1v) is 7.54. The second-order valence-corrected chi connectivity index (χ2v) is 5.83. The summed E-state index contributed by atoms with van der Waals surface area (Å²) in [7, 11) is 1.39. The maximum absolute atomic E-state index is 11.3. The summed E-state index contributed by atoms with van der Waals surface area (Å²) in [6.07, 6.45) is 0.541. The Labute approximate surface area is 131 Å². The standard InChI is InChI=1S/C17H24O5/c1-17(2)21-14(9-10-16(18)19-3)15(22-17)12-20-11-13-7-5-4-6-8-13/h4-8,14-15H,9-12H2,1-3H3/t14-,15-/m1/s1. The van der Waals surface area contributed by atoms with Crippen molar-refractivity contribution in [2.24, 2.45) is 0 Å². The summed E-state index contributed by atoms with van der Waals surface area (Å²) < 4.78 is 22.1. The smallest absolute Gasteiger partial charge is 0.305 e. The van der Waals surface area contributed by atoms with Gasteiger partial charge < -0.3 is 18.9 Å². The normalized spacial score (nSPS) is 23.4. The monoisotopic (exact) mass is 308 g/mol. The summed E-state index contributed by atoms with van der Waals surface area (Å²) >= 11 is 0. The van der Waals surface area contributed by atoms with Crippen molar-refractivity contribution < 1.29 is 23.7 Å². The molecule has 2 rings (SSSR count). The van der Waals surface area contributed by atoms with Crippen LogP contribution in [-0.4, -0.2) is 37.7 Å². The van der Waals surface area contributed by atoms with Gasteiger partial charge in [0.25, 0.3) is 0 Å². The van der Waals surface area contributed by atoms with Crippen molar-refractivity contribution in [3.05, 3.63) is 35.9 Å². The summed E-state index contributed by atoms with van der Waals surface area (Å²) in [6, 6.07) is 9.98. The Morgan fingerprint density at radius 2 is 1.86 bits per heavy atom. The summed E-state index contributed by atoms with van der Waals surface area (Å²) in [5.41, 5.74) is 1.12. The maximum atomic E-state index is 11.3. The van der Waals surface area contributed by atoms with Crippen LogP contribution in [0.15, 0.2) is 30.3 Å². The van der Waals surface area contributed by atoms with Crippen molar-refractivity contribution in [2.45, 2.75) is 51.3 Å². The Balaban J connectivity index is 1.82. The highest BCUT2D eigenvalue weighted by Gasteiger charge is 2.41. The van der Waals surface area contributed by atoms with Crippen LogP contribution in [0.4, 0.5) is 0 Å². The van der Waals surface area contributed by atoms with E-state index in [1.807, 2.05) is 44.2 Å². The Bertz CT molecular complexity index is 471. The van der Waals surface area contributed by atoms with E-state index in [9.17, 15) is 4.79 Å². The van der Waals surface area contributed by atoms with E-state index in [1.165, 1.54) is 7.11 Å². The van der Waals surface area contributed by atoms with E-state index in [-0.39, 0.29) is 18.2 Å². The second-order valence-electron chi connectivity index (χ2n) is 5.83. The first kappa shape index (κ1) is 16.9. The average Bonchev–Trinajstić information content (AvgIpc) is 2.80. The first-order chi connectivity index (χ1) is 10.5. The van der Waals surface area contributed by atoms with Gasteiger partial charge >= 0.3 is 5.97 Å². The minimum atomic E-state index is -0.651. The second kappa shape index (κ2) is 7.72. The summed E-state index contributed by atoms with van der Waals surface area (Å²) in [4.78, 5) is 11.3. The number of hydrogen-bond acceptors (Lipinski definition) is 5. The predicted molar refractivity (Wildman–Crippen MR) is 81.2 cm³/mol. The van der Waals surface area contributed by atoms with Crippen molar-refractivity contribution in [3.8, 4) is 0 Å². The molecule has 0 spiro atoms. The molecule has 22 heavy (non-hydrogen) atoms. The van der Waals surface area contributed by atoms with Gasteiger partial charge in [-0.1, -0.05) is 30.3 Å². The van der Waals surface area contributed by atoms with Crippen molar-refractivity contribution in [3.63, 3.8) is 0 Å². The summed E-state index contributed by atoms with van der Waals surface area (Å²) in [5.74, 6) is -0.890. The van der Waals surface area contributed by atoms with Crippen LogP contribution >= 0.6 is 0 Å². The molecule has 1 fully saturated rings. The lowest BCUT2D eigenvalue weighted by Gasteiger charge is -2.17. The highest BCUT2D eigenvalue weighted by atomic mass is 16.8. The van der Waals surface area contributed by atoms with E-state index in [1.54, 1.807) is 0 Å². The predicted octanol–water partition coefficient (Wildman–Crippen LogP) is 2.68.